The van der Waals surface area contributed by atoms with Crippen LogP contribution in [0.4, 0.5) is 0 Å². The first-order valence-electron chi connectivity index (χ1n) is 8.23. The van der Waals surface area contributed by atoms with Crippen LogP contribution in [-0.2, 0) is 0 Å². The van der Waals surface area contributed by atoms with Crippen molar-refractivity contribution in [2.75, 3.05) is 7.11 Å². The van der Waals surface area contributed by atoms with Gasteiger partial charge in [-0.15, -0.1) is 0 Å². The molecule has 5 nitrogen and oxygen atoms in total. The van der Waals surface area contributed by atoms with E-state index in [0.29, 0.717) is 29.3 Å². The molecule has 1 aromatic carbocycles. The molecular formula is C19H21ClN2O3. The second-order valence-corrected chi connectivity index (χ2v) is 6.87. The molecule has 1 aromatic heterocycles. The molecule has 0 saturated heterocycles. The van der Waals surface area contributed by atoms with Crippen molar-refractivity contribution in [2.45, 2.75) is 31.9 Å². The number of hydrogen-bond donors (Lipinski definition) is 2. The van der Waals surface area contributed by atoms with Crippen molar-refractivity contribution in [3.05, 3.63) is 58.2 Å². The van der Waals surface area contributed by atoms with Crippen LogP contribution in [0.15, 0.2) is 36.5 Å². The zero-order valence-electron chi connectivity index (χ0n) is 14.2. The number of hydrogen-bond acceptors (Lipinski definition) is 4. The number of pyridine rings is 1. The average molecular weight is 361 g/mol. The van der Waals surface area contributed by atoms with Crippen molar-refractivity contribution in [1.82, 2.24) is 10.3 Å². The van der Waals surface area contributed by atoms with Crippen LogP contribution in [0.1, 0.15) is 40.4 Å². The van der Waals surface area contributed by atoms with Crippen LogP contribution in [-0.4, -0.2) is 29.2 Å². The van der Waals surface area contributed by atoms with Crippen LogP contribution >= 0.6 is 11.6 Å². The van der Waals surface area contributed by atoms with Gasteiger partial charge in [-0.2, -0.15) is 0 Å². The number of aromatic nitrogens is 1. The number of aliphatic hydroxyl groups excluding tert-OH is 1. The standard InChI is InChI=1S/C19H21ClN2O3/c1-11-3-5-14(20)9-16(11)19(24)22-18(13-7-15(23)8-13)12-4-6-17(25-2)21-10-12/h3-6,9-10,13,15,18,23H,7-8H2,1-2H3,(H,22,24)/t13?,15?,18-/m0/s1. The molecule has 0 unspecified atom stereocenters. The third-order valence-electron chi connectivity index (χ3n) is 4.68. The summed E-state index contributed by atoms with van der Waals surface area (Å²) in [7, 11) is 1.56. The summed E-state index contributed by atoms with van der Waals surface area (Å²) < 4.78 is 5.09. The molecule has 1 aliphatic carbocycles. The Morgan fingerprint density at radius 1 is 1.36 bits per heavy atom. The molecular weight excluding hydrogens is 340 g/mol. The fraction of sp³-hybridized carbons (Fsp3) is 0.368. The summed E-state index contributed by atoms with van der Waals surface area (Å²) in [5.41, 5.74) is 2.31. The van der Waals surface area contributed by atoms with Crippen LogP contribution in [0, 0.1) is 12.8 Å². The van der Waals surface area contributed by atoms with Crippen LogP contribution in [0.2, 0.25) is 5.02 Å². The molecule has 1 fully saturated rings. The Kier molecular flexibility index (Phi) is 5.25. The predicted octanol–water partition coefficient (Wildman–Crippen LogP) is 3.29. The number of nitrogens with one attached hydrogen (secondary N) is 1. The van der Waals surface area contributed by atoms with Crippen molar-refractivity contribution in [2.24, 2.45) is 5.92 Å². The predicted molar refractivity (Wildman–Crippen MR) is 95.9 cm³/mol. The van der Waals surface area contributed by atoms with Gasteiger partial charge in [0.05, 0.1) is 19.3 Å². The Bertz CT molecular complexity index is 758. The van der Waals surface area contributed by atoms with Gasteiger partial charge in [0.25, 0.3) is 5.91 Å². The van der Waals surface area contributed by atoms with Gasteiger partial charge >= 0.3 is 0 Å². The molecule has 6 heteroatoms. The number of benzene rings is 1. The van der Waals surface area contributed by atoms with E-state index < -0.39 is 0 Å². The first-order valence-corrected chi connectivity index (χ1v) is 8.60. The third-order valence-corrected chi connectivity index (χ3v) is 4.91. The molecule has 1 atom stereocenters. The maximum Gasteiger partial charge on any atom is 0.252 e. The number of aryl methyl sites for hydroxylation is 1. The quantitative estimate of drug-likeness (QED) is 0.858. The minimum Gasteiger partial charge on any atom is -0.481 e. The van der Waals surface area contributed by atoms with Gasteiger partial charge in [0.15, 0.2) is 0 Å². The zero-order valence-corrected chi connectivity index (χ0v) is 15.0. The lowest BCUT2D eigenvalue weighted by molar-refractivity contribution is 0.0234. The number of ether oxygens (including phenoxy) is 1. The zero-order chi connectivity index (χ0) is 18.0. The van der Waals surface area contributed by atoms with Gasteiger partial charge in [0, 0.05) is 22.8 Å². The number of amides is 1. The highest BCUT2D eigenvalue weighted by atomic mass is 35.5. The number of methoxy groups -OCH3 is 1. The van der Waals surface area contributed by atoms with E-state index in [0.717, 1.165) is 11.1 Å². The maximum atomic E-state index is 12.8. The van der Waals surface area contributed by atoms with Gasteiger partial charge < -0.3 is 15.2 Å². The van der Waals surface area contributed by atoms with Crippen molar-refractivity contribution >= 4 is 17.5 Å². The minimum absolute atomic E-state index is 0.175. The van der Waals surface area contributed by atoms with E-state index in [1.54, 1.807) is 31.5 Å². The summed E-state index contributed by atoms with van der Waals surface area (Å²) in [5.74, 6) is 0.518. The van der Waals surface area contributed by atoms with E-state index in [1.807, 2.05) is 19.1 Å². The molecule has 3 rings (SSSR count). The fourth-order valence-electron chi connectivity index (χ4n) is 3.13. The van der Waals surface area contributed by atoms with Crippen molar-refractivity contribution < 1.29 is 14.6 Å². The van der Waals surface area contributed by atoms with Crippen LogP contribution in [0.3, 0.4) is 0 Å². The number of nitrogens with zero attached hydrogens (tertiary/aromatic N) is 1. The molecule has 0 spiro atoms. The highest BCUT2D eigenvalue weighted by Crippen LogP contribution is 2.38. The lowest BCUT2D eigenvalue weighted by Gasteiger charge is -2.38. The smallest absolute Gasteiger partial charge is 0.252 e. The van der Waals surface area contributed by atoms with Gasteiger partial charge in [0.2, 0.25) is 5.88 Å². The van der Waals surface area contributed by atoms with Gasteiger partial charge in [-0.3, -0.25) is 4.79 Å². The molecule has 0 aliphatic heterocycles. The monoisotopic (exact) mass is 360 g/mol. The van der Waals surface area contributed by atoms with E-state index in [-0.39, 0.29) is 24.0 Å². The van der Waals surface area contributed by atoms with Crippen molar-refractivity contribution in [3.8, 4) is 5.88 Å². The first kappa shape index (κ1) is 17.7. The summed E-state index contributed by atoms with van der Waals surface area (Å²) in [5, 5.41) is 13.3. The van der Waals surface area contributed by atoms with Crippen LogP contribution < -0.4 is 10.1 Å². The lowest BCUT2D eigenvalue weighted by atomic mass is 9.75. The van der Waals surface area contributed by atoms with Gasteiger partial charge in [-0.1, -0.05) is 23.7 Å². The highest BCUT2D eigenvalue weighted by Gasteiger charge is 2.36. The SMILES string of the molecule is COc1ccc([C@H](NC(=O)c2cc(Cl)ccc2C)C2CC(O)C2)cn1. The summed E-state index contributed by atoms with van der Waals surface area (Å²) in [4.78, 5) is 17.0. The molecule has 1 aliphatic rings. The Morgan fingerprint density at radius 2 is 2.12 bits per heavy atom. The van der Waals surface area contributed by atoms with E-state index in [2.05, 4.69) is 10.3 Å². The topological polar surface area (TPSA) is 71.5 Å². The number of carbonyl (C=O) groups is 1. The lowest BCUT2D eigenvalue weighted by Crippen LogP contribution is -2.41. The minimum atomic E-state index is -0.302. The number of carbonyl (C=O) groups excluding carboxylic acids is 1. The Balaban J connectivity index is 1.84. The van der Waals surface area contributed by atoms with Gasteiger partial charge in [-0.05, 0) is 48.9 Å². The van der Waals surface area contributed by atoms with E-state index in [9.17, 15) is 9.90 Å². The molecule has 1 heterocycles. The number of halogens is 1. The van der Waals surface area contributed by atoms with Crippen molar-refractivity contribution in [3.63, 3.8) is 0 Å². The van der Waals surface area contributed by atoms with Crippen LogP contribution in [0.5, 0.6) is 5.88 Å². The van der Waals surface area contributed by atoms with Crippen LogP contribution in [0.25, 0.3) is 0 Å². The molecule has 1 saturated carbocycles. The molecule has 132 valence electrons. The third kappa shape index (κ3) is 3.94. The average Bonchev–Trinajstić information content (AvgIpc) is 2.59. The molecule has 0 bridgehead atoms. The Morgan fingerprint density at radius 3 is 2.72 bits per heavy atom. The van der Waals surface area contributed by atoms with Gasteiger partial charge in [-0.25, -0.2) is 4.98 Å². The van der Waals surface area contributed by atoms with E-state index in [4.69, 9.17) is 16.3 Å². The number of rotatable bonds is 5. The second-order valence-electron chi connectivity index (χ2n) is 6.43. The summed E-state index contributed by atoms with van der Waals surface area (Å²) in [6, 6.07) is 8.72. The Hall–Kier alpha value is -2.11. The fourth-order valence-corrected chi connectivity index (χ4v) is 3.30. The van der Waals surface area contributed by atoms with Gasteiger partial charge in [0.1, 0.15) is 0 Å². The molecule has 0 radical (unpaired) electrons. The normalized spacial score (nSPS) is 20.5. The number of aliphatic hydroxyl groups is 1. The molecule has 2 N–H and O–H groups in total. The maximum absolute atomic E-state index is 12.8. The summed E-state index contributed by atoms with van der Waals surface area (Å²) in [6.45, 7) is 1.88. The molecule has 25 heavy (non-hydrogen) atoms. The summed E-state index contributed by atoms with van der Waals surface area (Å²) in [6.07, 6.45) is 2.72. The largest absolute Gasteiger partial charge is 0.481 e. The molecule has 1 amide bonds. The highest BCUT2D eigenvalue weighted by molar-refractivity contribution is 6.31. The Labute approximate surface area is 152 Å². The second kappa shape index (κ2) is 7.42. The van der Waals surface area contributed by atoms with E-state index >= 15 is 0 Å². The molecule has 2 aromatic rings. The van der Waals surface area contributed by atoms with Crippen molar-refractivity contribution in [1.29, 1.82) is 0 Å². The summed E-state index contributed by atoms with van der Waals surface area (Å²) >= 11 is 6.03. The first-order chi connectivity index (χ1) is 12.0. The van der Waals surface area contributed by atoms with E-state index in [1.165, 1.54) is 0 Å².